The Bertz CT molecular complexity index is 881. The Balaban J connectivity index is 1.76. The third-order valence-corrected chi connectivity index (χ3v) is 7.57. The number of fused-ring (bicyclic) bond motifs is 1. The van der Waals surface area contributed by atoms with Crippen LogP contribution >= 0.6 is 34.5 Å². The second-order valence-corrected chi connectivity index (χ2v) is 9.31. The zero-order chi connectivity index (χ0) is 16.8. The average Bonchev–Trinajstić information content (AvgIpc) is 2.87. The van der Waals surface area contributed by atoms with Crippen molar-refractivity contribution in [2.24, 2.45) is 7.05 Å². The normalized spacial score (nSPS) is 18.7. The van der Waals surface area contributed by atoms with Gasteiger partial charge in [-0.05, 0) is 18.9 Å². The number of aromatic nitrogens is 3. The molecule has 2 aromatic rings. The van der Waals surface area contributed by atoms with Crippen LogP contribution in [0.25, 0.3) is 0 Å². The summed E-state index contributed by atoms with van der Waals surface area (Å²) in [4.78, 5) is 11.9. The SMILES string of the molecule is Cn1nc2n(c1=O)CCC(NS(=O)(=O)c1cc(Cl)c(Cl)s1)CC2. The second-order valence-electron chi connectivity index (χ2n) is 5.31. The number of nitrogens with one attached hydrogen (secondary N) is 1. The smallest absolute Gasteiger partial charge is 0.279 e. The minimum absolute atomic E-state index is 0.0883. The van der Waals surface area contributed by atoms with Gasteiger partial charge in [-0.25, -0.2) is 22.6 Å². The zero-order valence-corrected chi connectivity index (χ0v) is 15.3. The molecule has 1 aliphatic heterocycles. The molecule has 0 aromatic carbocycles. The van der Waals surface area contributed by atoms with Gasteiger partial charge in [0.05, 0.1) is 5.02 Å². The van der Waals surface area contributed by atoms with E-state index in [1.807, 2.05) is 0 Å². The zero-order valence-electron chi connectivity index (χ0n) is 12.1. The number of rotatable bonds is 3. The average molecular weight is 397 g/mol. The van der Waals surface area contributed by atoms with E-state index in [1.54, 1.807) is 11.6 Å². The van der Waals surface area contributed by atoms with Gasteiger partial charge in [0.25, 0.3) is 0 Å². The highest BCUT2D eigenvalue weighted by Crippen LogP contribution is 2.34. The third-order valence-electron chi connectivity index (χ3n) is 3.71. The topological polar surface area (TPSA) is 86.0 Å². The van der Waals surface area contributed by atoms with Crippen molar-refractivity contribution in [2.45, 2.75) is 36.1 Å². The molecule has 0 spiro atoms. The first-order valence-corrected chi connectivity index (χ1v) is 9.93. The molecule has 1 atom stereocenters. The number of aryl methyl sites for hydroxylation is 2. The lowest BCUT2D eigenvalue weighted by Crippen LogP contribution is -2.35. The molecule has 0 aliphatic carbocycles. The van der Waals surface area contributed by atoms with Crippen molar-refractivity contribution in [1.29, 1.82) is 0 Å². The molecule has 7 nitrogen and oxygen atoms in total. The van der Waals surface area contributed by atoms with Gasteiger partial charge >= 0.3 is 5.69 Å². The molecule has 0 bridgehead atoms. The molecule has 1 unspecified atom stereocenters. The number of hydrogen-bond acceptors (Lipinski definition) is 5. The molecule has 1 N–H and O–H groups in total. The van der Waals surface area contributed by atoms with E-state index in [-0.39, 0.29) is 25.3 Å². The summed E-state index contributed by atoms with van der Waals surface area (Å²) in [7, 11) is -2.07. The molecular formula is C12H14Cl2N4O3S2. The molecule has 11 heteroatoms. The third kappa shape index (κ3) is 3.34. The monoisotopic (exact) mass is 396 g/mol. The molecule has 3 rings (SSSR count). The van der Waals surface area contributed by atoms with Crippen LogP contribution in [0, 0.1) is 0 Å². The molecule has 126 valence electrons. The molecule has 2 aromatic heterocycles. The Hall–Kier alpha value is -0.870. The summed E-state index contributed by atoms with van der Waals surface area (Å²) in [6.45, 7) is 0.432. The first kappa shape index (κ1) is 17.0. The predicted molar refractivity (Wildman–Crippen MR) is 88.9 cm³/mol. The molecule has 0 radical (unpaired) electrons. The highest BCUT2D eigenvalue weighted by Gasteiger charge is 2.26. The van der Waals surface area contributed by atoms with E-state index in [2.05, 4.69) is 9.82 Å². The lowest BCUT2D eigenvalue weighted by molar-refractivity contribution is 0.490. The van der Waals surface area contributed by atoms with Gasteiger partial charge in [-0.1, -0.05) is 23.2 Å². The molecule has 0 saturated carbocycles. The summed E-state index contributed by atoms with van der Waals surface area (Å²) in [5, 5.41) is 4.40. The molecule has 0 saturated heterocycles. The van der Waals surface area contributed by atoms with Crippen LogP contribution in [0.3, 0.4) is 0 Å². The van der Waals surface area contributed by atoms with Gasteiger partial charge in [0.2, 0.25) is 10.0 Å². The number of halogens is 2. The minimum Gasteiger partial charge on any atom is -0.279 e. The van der Waals surface area contributed by atoms with E-state index < -0.39 is 10.0 Å². The summed E-state index contributed by atoms with van der Waals surface area (Å²) < 4.78 is 30.7. The lowest BCUT2D eigenvalue weighted by Gasteiger charge is -2.15. The van der Waals surface area contributed by atoms with E-state index in [0.717, 1.165) is 11.3 Å². The van der Waals surface area contributed by atoms with E-state index in [1.165, 1.54) is 10.7 Å². The Morgan fingerprint density at radius 1 is 1.39 bits per heavy atom. The van der Waals surface area contributed by atoms with Crippen LogP contribution in [0.5, 0.6) is 0 Å². The van der Waals surface area contributed by atoms with Gasteiger partial charge in [-0.2, -0.15) is 5.10 Å². The van der Waals surface area contributed by atoms with Crippen LogP contribution in [0.15, 0.2) is 15.1 Å². The van der Waals surface area contributed by atoms with Crippen LogP contribution in [0.1, 0.15) is 18.7 Å². The van der Waals surface area contributed by atoms with Crippen LogP contribution in [-0.4, -0.2) is 28.8 Å². The fraction of sp³-hybridized carbons (Fsp3) is 0.500. The molecule has 1 aliphatic rings. The summed E-state index contributed by atoms with van der Waals surface area (Å²) >= 11 is 12.6. The number of hydrogen-bond donors (Lipinski definition) is 1. The lowest BCUT2D eigenvalue weighted by atomic mass is 10.1. The van der Waals surface area contributed by atoms with Crippen LogP contribution < -0.4 is 10.4 Å². The van der Waals surface area contributed by atoms with Gasteiger partial charge in [0.1, 0.15) is 14.4 Å². The van der Waals surface area contributed by atoms with Crippen molar-refractivity contribution in [2.75, 3.05) is 0 Å². The van der Waals surface area contributed by atoms with Crippen molar-refractivity contribution >= 4 is 44.6 Å². The van der Waals surface area contributed by atoms with E-state index in [4.69, 9.17) is 23.2 Å². The van der Waals surface area contributed by atoms with Gasteiger partial charge in [-0.3, -0.25) is 4.57 Å². The van der Waals surface area contributed by atoms with Gasteiger partial charge in [-0.15, -0.1) is 11.3 Å². The second kappa shape index (κ2) is 6.21. The Labute approximate surface area is 146 Å². The molecular weight excluding hydrogens is 383 g/mol. The minimum atomic E-state index is -3.68. The summed E-state index contributed by atoms with van der Waals surface area (Å²) in [5.74, 6) is 0.682. The Morgan fingerprint density at radius 3 is 2.78 bits per heavy atom. The Kier molecular flexibility index (Phi) is 4.58. The van der Waals surface area contributed by atoms with Gasteiger partial charge in [0.15, 0.2) is 0 Å². The van der Waals surface area contributed by atoms with Crippen molar-refractivity contribution in [1.82, 2.24) is 19.1 Å². The van der Waals surface area contributed by atoms with Gasteiger partial charge < -0.3 is 0 Å². The maximum absolute atomic E-state index is 12.4. The molecule has 0 amide bonds. The Morgan fingerprint density at radius 2 is 2.13 bits per heavy atom. The molecule has 3 heterocycles. The van der Waals surface area contributed by atoms with Crippen molar-refractivity contribution in [3.8, 4) is 0 Å². The van der Waals surface area contributed by atoms with E-state index in [9.17, 15) is 13.2 Å². The highest BCUT2D eigenvalue weighted by atomic mass is 35.5. The van der Waals surface area contributed by atoms with Gasteiger partial charge in [0, 0.05) is 26.1 Å². The van der Waals surface area contributed by atoms with Crippen LogP contribution in [-0.2, 0) is 30.0 Å². The maximum Gasteiger partial charge on any atom is 0.345 e. The van der Waals surface area contributed by atoms with Crippen molar-refractivity contribution in [3.05, 3.63) is 31.7 Å². The first-order chi connectivity index (χ1) is 10.8. The fourth-order valence-corrected chi connectivity index (χ4v) is 5.75. The summed E-state index contributed by atoms with van der Waals surface area (Å²) in [5.41, 5.74) is -0.180. The van der Waals surface area contributed by atoms with Crippen LogP contribution in [0.2, 0.25) is 9.36 Å². The van der Waals surface area contributed by atoms with E-state index >= 15 is 0 Å². The van der Waals surface area contributed by atoms with Crippen molar-refractivity contribution < 1.29 is 8.42 Å². The highest BCUT2D eigenvalue weighted by molar-refractivity contribution is 7.91. The van der Waals surface area contributed by atoms with Crippen LogP contribution in [0.4, 0.5) is 0 Å². The number of sulfonamides is 1. The van der Waals surface area contributed by atoms with E-state index in [0.29, 0.717) is 31.6 Å². The molecule has 23 heavy (non-hydrogen) atoms. The largest absolute Gasteiger partial charge is 0.345 e. The fourth-order valence-electron chi connectivity index (χ4n) is 2.55. The predicted octanol–water partition coefficient (Wildman–Crippen LogP) is 1.63. The number of nitrogens with zero attached hydrogens (tertiary/aromatic N) is 3. The van der Waals surface area contributed by atoms with Crippen molar-refractivity contribution in [3.63, 3.8) is 0 Å². The quantitative estimate of drug-likeness (QED) is 0.853. The maximum atomic E-state index is 12.4. The standard InChI is InChI=1S/C12H14Cl2N4O3S2/c1-17-12(19)18-5-4-7(2-3-9(18)15-17)16-23(20,21)10-6-8(13)11(14)22-10/h6-7,16H,2-5H2,1H3. The first-order valence-electron chi connectivity index (χ1n) is 6.88. The molecule has 0 fully saturated rings. The summed E-state index contributed by atoms with van der Waals surface area (Å²) in [6.07, 6.45) is 1.63. The summed E-state index contributed by atoms with van der Waals surface area (Å²) in [6, 6.07) is 1.07. The number of thiophene rings is 1.